The van der Waals surface area contributed by atoms with Gasteiger partial charge in [-0.25, -0.2) is 4.98 Å². The van der Waals surface area contributed by atoms with Crippen LogP contribution in [-0.2, 0) is 0 Å². The zero-order valence-electron chi connectivity index (χ0n) is 15.8. The van der Waals surface area contributed by atoms with Gasteiger partial charge in [-0.15, -0.1) is 0 Å². The van der Waals surface area contributed by atoms with E-state index in [0.29, 0.717) is 5.92 Å². The third-order valence-electron chi connectivity index (χ3n) is 4.27. The Morgan fingerprint density at radius 1 is 0.962 bits per heavy atom. The summed E-state index contributed by atoms with van der Waals surface area (Å²) in [4.78, 5) is 4.53. The average molecular weight is 340 g/mol. The molecule has 0 bridgehead atoms. The van der Waals surface area contributed by atoms with Crippen LogP contribution >= 0.6 is 0 Å². The summed E-state index contributed by atoms with van der Waals surface area (Å²) in [7, 11) is 0. The summed E-state index contributed by atoms with van der Waals surface area (Å²) >= 11 is 0. The van der Waals surface area contributed by atoms with Gasteiger partial charge in [0.05, 0.1) is 5.70 Å². The lowest BCUT2D eigenvalue weighted by atomic mass is 10.1. The van der Waals surface area contributed by atoms with E-state index in [4.69, 9.17) is 0 Å². The fourth-order valence-electron chi connectivity index (χ4n) is 2.79. The number of nitrogens with zero attached hydrogens (tertiary/aromatic N) is 2. The second-order valence-electron chi connectivity index (χ2n) is 6.84. The van der Waals surface area contributed by atoms with Crippen molar-refractivity contribution in [2.75, 3.05) is 0 Å². The number of hydrogen-bond acceptors (Lipinski definition) is 1. The zero-order chi connectivity index (χ0) is 18.5. The molecule has 0 radical (unpaired) electrons. The van der Waals surface area contributed by atoms with E-state index in [9.17, 15) is 0 Å². The highest BCUT2D eigenvalue weighted by Gasteiger charge is 2.12. The molecule has 0 atom stereocenters. The lowest BCUT2D eigenvalue weighted by molar-refractivity contribution is 0.758. The van der Waals surface area contributed by atoms with Crippen molar-refractivity contribution in [1.29, 1.82) is 0 Å². The summed E-state index contributed by atoms with van der Waals surface area (Å²) < 4.78 is 2.14. The molecule has 2 aromatic carbocycles. The molecule has 0 spiro atoms. The molecule has 1 heterocycles. The molecule has 0 unspecified atom stereocenters. The van der Waals surface area contributed by atoms with E-state index in [-0.39, 0.29) is 0 Å². The summed E-state index contributed by atoms with van der Waals surface area (Å²) in [6.45, 7) is 8.49. The minimum Gasteiger partial charge on any atom is -0.302 e. The predicted molar refractivity (Wildman–Crippen MR) is 109 cm³/mol. The second kappa shape index (κ2) is 7.89. The van der Waals surface area contributed by atoms with E-state index >= 15 is 0 Å². The Hall–Kier alpha value is -3.05. The fraction of sp³-hybridized carbons (Fsp3) is 0.208. The molecule has 2 nitrogen and oxygen atoms in total. The van der Waals surface area contributed by atoms with Crippen molar-refractivity contribution in [3.8, 4) is 11.8 Å². The van der Waals surface area contributed by atoms with Gasteiger partial charge in [0.15, 0.2) is 0 Å². The lowest BCUT2D eigenvalue weighted by Gasteiger charge is -2.14. The van der Waals surface area contributed by atoms with Crippen LogP contribution in [0, 0.1) is 25.7 Å². The highest BCUT2D eigenvalue weighted by atomic mass is 15.1. The van der Waals surface area contributed by atoms with Gasteiger partial charge in [-0.05, 0) is 31.5 Å². The van der Waals surface area contributed by atoms with Crippen molar-refractivity contribution in [3.63, 3.8) is 0 Å². The van der Waals surface area contributed by atoms with E-state index in [1.165, 1.54) is 11.1 Å². The molecule has 0 aliphatic carbocycles. The average Bonchev–Trinajstić information content (AvgIpc) is 3.11. The van der Waals surface area contributed by atoms with Crippen molar-refractivity contribution in [2.24, 2.45) is 0 Å². The fourth-order valence-corrected chi connectivity index (χ4v) is 2.79. The first-order chi connectivity index (χ1) is 12.5. The van der Waals surface area contributed by atoms with Crippen LogP contribution in [0.3, 0.4) is 0 Å². The largest absolute Gasteiger partial charge is 0.302 e. The van der Waals surface area contributed by atoms with Crippen LogP contribution < -0.4 is 0 Å². The van der Waals surface area contributed by atoms with Gasteiger partial charge in [0.1, 0.15) is 5.82 Å². The van der Waals surface area contributed by atoms with Crippen LogP contribution in [0.25, 0.3) is 5.70 Å². The molecule has 1 aromatic heterocycles. The normalized spacial score (nSPS) is 11.3. The summed E-state index contributed by atoms with van der Waals surface area (Å²) in [6.07, 6.45) is 5.84. The van der Waals surface area contributed by atoms with Crippen LogP contribution in [0.2, 0.25) is 0 Å². The molecule has 26 heavy (non-hydrogen) atoms. The van der Waals surface area contributed by atoms with Crippen LogP contribution in [0.5, 0.6) is 0 Å². The van der Waals surface area contributed by atoms with Gasteiger partial charge >= 0.3 is 0 Å². The summed E-state index contributed by atoms with van der Waals surface area (Å²) in [5.41, 5.74) is 5.68. The molecule has 0 aliphatic rings. The van der Waals surface area contributed by atoms with E-state index in [0.717, 1.165) is 22.6 Å². The first-order valence-electron chi connectivity index (χ1n) is 8.93. The highest BCUT2D eigenvalue weighted by molar-refractivity contribution is 5.69. The Kier molecular flexibility index (Phi) is 5.39. The topological polar surface area (TPSA) is 17.8 Å². The lowest BCUT2D eigenvalue weighted by Crippen LogP contribution is -2.05. The number of allylic oxidation sites excluding steroid dienone is 1. The Balaban J connectivity index is 2.04. The maximum absolute atomic E-state index is 4.53. The Labute approximate surface area is 156 Å². The molecular formula is C24H24N2. The van der Waals surface area contributed by atoms with Crippen molar-refractivity contribution in [2.45, 2.75) is 33.6 Å². The highest BCUT2D eigenvalue weighted by Crippen LogP contribution is 2.23. The monoisotopic (exact) mass is 340 g/mol. The maximum atomic E-state index is 4.53. The number of benzene rings is 2. The van der Waals surface area contributed by atoms with Gasteiger partial charge in [-0.3, -0.25) is 0 Å². The summed E-state index contributed by atoms with van der Waals surface area (Å²) in [5.74, 6) is 7.84. The second-order valence-corrected chi connectivity index (χ2v) is 6.84. The van der Waals surface area contributed by atoms with Crippen molar-refractivity contribution < 1.29 is 0 Å². The molecule has 0 saturated carbocycles. The molecule has 0 saturated heterocycles. The van der Waals surface area contributed by atoms with Crippen LogP contribution in [0.4, 0.5) is 0 Å². The Morgan fingerprint density at radius 2 is 1.58 bits per heavy atom. The molecule has 0 aliphatic heterocycles. The molecule has 3 aromatic rings. The molecule has 0 amide bonds. The number of imidazole rings is 1. The predicted octanol–water partition coefficient (Wildman–Crippen LogP) is 5.56. The summed E-state index contributed by atoms with van der Waals surface area (Å²) in [6, 6.07) is 16.8. The first-order valence-corrected chi connectivity index (χ1v) is 8.93. The van der Waals surface area contributed by atoms with Crippen LogP contribution in [0.1, 0.15) is 47.8 Å². The summed E-state index contributed by atoms with van der Waals surface area (Å²) in [5, 5.41) is 0. The van der Waals surface area contributed by atoms with Gasteiger partial charge in [0.2, 0.25) is 0 Å². The first kappa shape index (κ1) is 17.8. The quantitative estimate of drug-likeness (QED) is 0.570. The minimum atomic E-state index is 0.337. The maximum Gasteiger partial charge on any atom is 0.115 e. The molecule has 0 N–H and O–H groups in total. The number of rotatable bonds is 3. The number of aromatic nitrogens is 2. The molecular weight excluding hydrogens is 316 g/mol. The molecule has 3 rings (SSSR count). The van der Waals surface area contributed by atoms with Gasteiger partial charge in [0.25, 0.3) is 0 Å². The molecule has 2 heteroatoms. The van der Waals surface area contributed by atoms with Gasteiger partial charge < -0.3 is 4.57 Å². The number of aryl methyl sites for hydroxylation is 2. The Bertz CT molecular complexity index is 960. The van der Waals surface area contributed by atoms with E-state index in [1.807, 2.05) is 18.5 Å². The van der Waals surface area contributed by atoms with E-state index in [2.05, 4.69) is 97.6 Å². The van der Waals surface area contributed by atoms with Crippen molar-refractivity contribution in [3.05, 3.63) is 95.1 Å². The Morgan fingerprint density at radius 3 is 2.19 bits per heavy atom. The van der Waals surface area contributed by atoms with Gasteiger partial charge in [-0.1, -0.05) is 73.2 Å². The van der Waals surface area contributed by atoms with Crippen LogP contribution in [-0.4, -0.2) is 9.55 Å². The molecule has 130 valence electrons. The minimum absolute atomic E-state index is 0.337. The van der Waals surface area contributed by atoms with Crippen molar-refractivity contribution in [1.82, 2.24) is 9.55 Å². The van der Waals surface area contributed by atoms with E-state index < -0.39 is 0 Å². The van der Waals surface area contributed by atoms with E-state index in [1.54, 1.807) is 0 Å². The standard InChI is InChI=1S/C24H24N2/c1-18(2)24-25-16-17-26(24)23(22-14-10-20(4)11-15-22)7-5-6-21-12-8-19(3)9-13-21/h7-18H,1-4H3/b23-7-. The zero-order valence-corrected chi connectivity index (χ0v) is 15.8. The third kappa shape index (κ3) is 4.13. The van der Waals surface area contributed by atoms with Gasteiger partial charge in [0, 0.05) is 30.0 Å². The van der Waals surface area contributed by atoms with Crippen LogP contribution in [0.15, 0.2) is 67.0 Å². The SMILES string of the molecule is Cc1ccc(C#C/C=C(/c2ccc(C)cc2)n2ccnc2C(C)C)cc1. The van der Waals surface area contributed by atoms with Crippen molar-refractivity contribution >= 4 is 5.70 Å². The smallest absolute Gasteiger partial charge is 0.115 e. The molecule has 0 fully saturated rings. The third-order valence-corrected chi connectivity index (χ3v) is 4.27. The van der Waals surface area contributed by atoms with Gasteiger partial charge in [-0.2, -0.15) is 0 Å². The number of hydrogen-bond donors (Lipinski definition) is 0.